The molecule has 0 aliphatic heterocycles. The molecule has 0 aliphatic rings. The molecule has 0 bridgehead atoms. The Hall–Kier alpha value is -1.41. The number of hydrogen-bond acceptors (Lipinski definition) is 2. The van der Waals surface area contributed by atoms with Crippen LogP contribution in [0.1, 0.15) is 31.2 Å². The summed E-state index contributed by atoms with van der Waals surface area (Å²) < 4.78 is 0. The molecule has 0 radical (unpaired) electrons. The Labute approximate surface area is 112 Å². The Bertz CT molecular complexity index is 578. The molecule has 0 amide bonds. The van der Waals surface area contributed by atoms with E-state index in [0.717, 1.165) is 4.88 Å². The zero-order valence-electron chi connectivity index (χ0n) is 11.3. The van der Waals surface area contributed by atoms with Crippen molar-refractivity contribution in [3.8, 4) is 11.1 Å². The average molecular weight is 258 g/mol. The van der Waals surface area contributed by atoms with Gasteiger partial charge in [0, 0.05) is 4.88 Å². The molecule has 1 nitrogen and oxygen atoms in total. The van der Waals surface area contributed by atoms with Crippen LogP contribution in [0.15, 0.2) is 35.7 Å². The number of carbonyl (C=O) groups excluding carboxylic acids is 1. The molecule has 0 saturated heterocycles. The van der Waals surface area contributed by atoms with E-state index in [-0.39, 0.29) is 11.2 Å². The number of aryl methyl sites for hydroxylation is 1. The summed E-state index contributed by atoms with van der Waals surface area (Å²) >= 11 is 1.66. The van der Waals surface area contributed by atoms with Crippen molar-refractivity contribution in [2.45, 2.75) is 33.1 Å². The van der Waals surface area contributed by atoms with Gasteiger partial charge in [0.25, 0.3) is 0 Å². The number of thiophene rings is 1. The van der Waals surface area contributed by atoms with Crippen molar-refractivity contribution in [3.05, 3.63) is 46.2 Å². The van der Waals surface area contributed by atoms with Crippen molar-refractivity contribution in [1.29, 1.82) is 0 Å². The largest absolute Gasteiger partial charge is 0.299 e. The predicted molar refractivity (Wildman–Crippen MR) is 78.2 cm³/mol. The third-order valence-corrected chi connectivity index (χ3v) is 4.70. The lowest BCUT2D eigenvalue weighted by Gasteiger charge is -2.18. The van der Waals surface area contributed by atoms with Gasteiger partial charge in [-0.1, -0.05) is 29.8 Å². The topological polar surface area (TPSA) is 17.1 Å². The molecular formula is C16H18OS. The van der Waals surface area contributed by atoms with Crippen LogP contribution in [-0.2, 0) is 10.2 Å². The van der Waals surface area contributed by atoms with Gasteiger partial charge < -0.3 is 0 Å². The lowest BCUT2D eigenvalue weighted by atomic mass is 9.86. The molecule has 0 atom stereocenters. The van der Waals surface area contributed by atoms with Crippen LogP contribution in [-0.4, -0.2) is 5.78 Å². The zero-order chi connectivity index (χ0) is 13.3. The van der Waals surface area contributed by atoms with Gasteiger partial charge in [0.1, 0.15) is 5.78 Å². The second-order valence-electron chi connectivity index (χ2n) is 5.25. The van der Waals surface area contributed by atoms with E-state index in [1.165, 1.54) is 16.7 Å². The minimum Gasteiger partial charge on any atom is -0.299 e. The van der Waals surface area contributed by atoms with E-state index in [0.29, 0.717) is 0 Å². The summed E-state index contributed by atoms with van der Waals surface area (Å²) in [6, 6.07) is 10.6. The van der Waals surface area contributed by atoms with Gasteiger partial charge >= 0.3 is 0 Å². The summed E-state index contributed by atoms with van der Waals surface area (Å²) in [4.78, 5) is 12.8. The Morgan fingerprint density at radius 2 is 1.89 bits per heavy atom. The molecule has 0 fully saturated rings. The van der Waals surface area contributed by atoms with E-state index in [9.17, 15) is 4.79 Å². The number of carbonyl (C=O) groups is 1. The van der Waals surface area contributed by atoms with Crippen molar-refractivity contribution in [2.75, 3.05) is 0 Å². The predicted octanol–water partition coefficient (Wildman–Crippen LogP) is 4.59. The number of benzene rings is 1. The van der Waals surface area contributed by atoms with E-state index in [1.54, 1.807) is 18.3 Å². The quantitative estimate of drug-likeness (QED) is 0.787. The fourth-order valence-electron chi connectivity index (χ4n) is 1.81. The van der Waals surface area contributed by atoms with Gasteiger partial charge in [-0.05, 0) is 50.3 Å². The van der Waals surface area contributed by atoms with Crippen LogP contribution in [0.5, 0.6) is 0 Å². The van der Waals surface area contributed by atoms with Crippen molar-refractivity contribution in [1.82, 2.24) is 0 Å². The second-order valence-corrected chi connectivity index (χ2v) is 6.16. The second kappa shape index (κ2) is 4.69. The number of ketones is 1. The molecular weight excluding hydrogens is 240 g/mol. The lowest BCUT2D eigenvalue weighted by Crippen LogP contribution is -2.24. The molecule has 1 heterocycles. The summed E-state index contributed by atoms with van der Waals surface area (Å²) in [6.07, 6.45) is 0. The fraction of sp³-hybridized carbons (Fsp3) is 0.312. The summed E-state index contributed by atoms with van der Waals surface area (Å²) in [6.45, 7) is 7.73. The van der Waals surface area contributed by atoms with Gasteiger partial charge in [0.2, 0.25) is 0 Å². The van der Waals surface area contributed by atoms with Gasteiger partial charge in [0.15, 0.2) is 0 Å². The Kier molecular flexibility index (Phi) is 3.40. The first kappa shape index (κ1) is 13.0. The highest BCUT2D eigenvalue weighted by Crippen LogP contribution is 2.34. The highest BCUT2D eigenvalue weighted by Gasteiger charge is 2.27. The molecule has 0 N–H and O–H groups in total. The molecule has 2 rings (SSSR count). The zero-order valence-corrected chi connectivity index (χ0v) is 12.1. The summed E-state index contributed by atoms with van der Waals surface area (Å²) in [5.74, 6) is 0.208. The van der Waals surface area contributed by atoms with Crippen LogP contribution in [0, 0.1) is 6.92 Å². The van der Waals surface area contributed by atoms with Crippen LogP contribution in [0.2, 0.25) is 0 Å². The number of Topliss-reactive ketones (excluding diaryl/α,β-unsaturated/α-hetero) is 1. The minimum atomic E-state index is -0.382. The van der Waals surface area contributed by atoms with E-state index in [4.69, 9.17) is 0 Å². The first-order chi connectivity index (χ1) is 8.41. The SMILES string of the molecule is CC(=O)C(C)(C)c1cc(-c2cccc(C)c2)cs1. The van der Waals surface area contributed by atoms with Crippen molar-refractivity contribution in [2.24, 2.45) is 0 Å². The molecule has 0 spiro atoms. The Balaban J connectivity index is 2.40. The van der Waals surface area contributed by atoms with E-state index < -0.39 is 0 Å². The molecule has 0 aliphatic carbocycles. The molecule has 2 aromatic rings. The van der Waals surface area contributed by atoms with Crippen LogP contribution in [0.4, 0.5) is 0 Å². The Morgan fingerprint density at radius 1 is 1.17 bits per heavy atom. The van der Waals surface area contributed by atoms with Gasteiger partial charge in [-0.3, -0.25) is 4.79 Å². The maximum absolute atomic E-state index is 11.7. The average Bonchev–Trinajstić information content (AvgIpc) is 2.78. The minimum absolute atomic E-state index is 0.208. The van der Waals surface area contributed by atoms with Crippen LogP contribution in [0.3, 0.4) is 0 Å². The van der Waals surface area contributed by atoms with Crippen molar-refractivity contribution < 1.29 is 4.79 Å². The third kappa shape index (κ3) is 2.39. The highest BCUT2D eigenvalue weighted by molar-refractivity contribution is 7.10. The molecule has 94 valence electrons. The third-order valence-electron chi connectivity index (χ3n) is 3.45. The molecule has 0 unspecified atom stereocenters. The van der Waals surface area contributed by atoms with Crippen molar-refractivity contribution in [3.63, 3.8) is 0 Å². The summed E-state index contributed by atoms with van der Waals surface area (Å²) in [5, 5.41) is 2.13. The standard InChI is InChI=1S/C16H18OS/c1-11-6-5-7-13(8-11)14-9-15(18-10-14)16(3,4)12(2)17/h5-10H,1-4H3. The van der Waals surface area contributed by atoms with E-state index >= 15 is 0 Å². The first-order valence-electron chi connectivity index (χ1n) is 6.08. The van der Waals surface area contributed by atoms with Gasteiger partial charge in [-0.2, -0.15) is 0 Å². The maximum atomic E-state index is 11.7. The first-order valence-corrected chi connectivity index (χ1v) is 6.96. The van der Waals surface area contributed by atoms with Gasteiger partial charge in [0.05, 0.1) is 5.41 Å². The smallest absolute Gasteiger partial charge is 0.140 e. The number of rotatable bonds is 3. The molecule has 18 heavy (non-hydrogen) atoms. The maximum Gasteiger partial charge on any atom is 0.140 e. The molecule has 0 saturated carbocycles. The molecule has 1 aromatic carbocycles. The van der Waals surface area contributed by atoms with E-state index in [1.807, 2.05) is 13.8 Å². The van der Waals surface area contributed by atoms with E-state index in [2.05, 4.69) is 42.6 Å². The van der Waals surface area contributed by atoms with Gasteiger partial charge in [-0.15, -0.1) is 11.3 Å². The van der Waals surface area contributed by atoms with Crippen LogP contribution in [0.25, 0.3) is 11.1 Å². The normalized spacial score (nSPS) is 11.6. The fourth-order valence-corrected chi connectivity index (χ4v) is 2.90. The van der Waals surface area contributed by atoms with Crippen LogP contribution >= 0.6 is 11.3 Å². The monoisotopic (exact) mass is 258 g/mol. The highest BCUT2D eigenvalue weighted by atomic mass is 32.1. The van der Waals surface area contributed by atoms with Gasteiger partial charge in [-0.25, -0.2) is 0 Å². The Morgan fingerprint density at radius 3 is 2.50 bits per heavy atom. The van der Waals surface area contributed by atoms with Crippen LogP contribution < -0.4 is 0 Å². The summed E-state index contributed by atoms with van der Waals surface area (Å²) in [7, 11) is 0. The molecule has 2 heteroatoms. The van der Waals surface area contributed by atoms with Crippen molar-refractivity contribution >= 4 is 17.1 Å². The lowest BCUT2D eigenvalue weighted by molar-refractivity contribution is -0.121. The molecule has 1 aromatic heterocycles. The summed E-state index contributed by atoms with van der Waals surface area (Å²) in [5.41, 5.74) is 3.29. The number of hydrogen-bond donors (Lipinski definition) is 0.